The molecular weight excluding hydrogens is 222 g/mol. The number of benzene rings is 1. The average Bonchev–Trinajstić information content (AvgIpc) is 2.15. The summed E-state index contributed by atoms with van der Waals surface area (Å²) in [5.41, 5.74) is -0.268. The summed E-state index contributed by atoms with van der Waals surface area (Å²) in [5, 5.41) is 10.5. The number of carbonyl (C=O) groups excluding carboxylic acids is 1. The Bertz CT molecular complexity index is 430. The molecule has 0 radical (unpaired) electrons. The Balaban J connectivity index is 3.49. The van der Waals surface area contributed by atoms with Crippen molar-refractivity contribution in [2.45, 2.75) is 6.92 Å². The Morgan fingerprint density at radius 2 is 2.13 bits per heavy atom. The van der Waals surface area contributed by atoms with E-state index in [2.05, 4.69) is 0 Å². The fraction of sp³-hybridized carbons (Fsp3) is 0.222. The average molecular weight is 230 g/mol. The van der Waals surface area contributed by atoms with Crippen LogP contribution in [-0.4, -0.2) is 17.8 Å². The molecule has 0 aromatic heterocycles. The quantitative estimate of drug-likeness (QED) is 0.454. The van der Waals surface area contributed by atoms with Gasteiger partial charge >= 0.3 is 5.69 Å². The molecule has 1 rings (SSSR count). The number of hydrogen-bond acceptors (Lipinski definition) is 4. The summed E-state index contributed by atoms with van der Waals surface area (Å²) in [6.45, 7) is 1.29. The van der Waals surface area contributed by atoms with Crippen LogP contribution in [0.5, 0.6) is 5.75 Å². The van der Waals surface area contributed by atoms with E-state index in [9.17, 15) is 14.9 Å². The minimum atomic E-state index is -0.673. The number of halogens is 1. The van der Waals surface area contributed by atoms with E-state index in [0.29, 0.717) is 0 Å². The minimum Gasteiger partial charge on any atom is -0.490 e. The summed E-state index contributed by atoms with van der Waals surface area (Å²) in [5.74, 6) is -0.291. The van der Waals surface area contributed by atoms with Gasteiger partial charge in [0.05, 0.1) is 12.0 Å². The zero-order chi connectivity index (χ0) is 11.6. The Morgan fingerprint density at radius 1 is 1.53 bits per heavy atom. The molecule has 0 aliphatic rings. The highest BCUT2D eigenvalue weighted by atomic mass is 35.5. The molecule has 1 aromatic rings. The molecule has 0 saturated heterocycles. The lowest BCUT2D eigenvalue weighted by Gasteiger charge is -2.05. The molecule has 0 bridgehead atoms. The maximum atomic E-state index is 11.1. The standard InChI is InChI=1S/C9H8ClNO4/c1-5(12)6-3-4-7(15-2)9(8(6)10)11(13)14/h3-4H,1-2H3. The highest BCUT2D eigenvalue weighted by Gasteiger charge is 2.24. The maximum Gasteiger partial charge on any atom is 0.330 e. The number of methoxy groups -OCH3 is 1. The third-order valence-corrected chi connectivity index (χ3v) is 2.24. The second-order valence-corrected chi connectivity index (χ2v) is 3.17. The summed E-state index contributed by atoms with van der Waals surface area (Å²) >= 11 is 5.74. The summed E-state index contributed by atoms with van der Waals surface area (Å²) in [4.78, 5) is 21.1. The molecule has 0 spiro atoms. The van der Waals surface area contributed by atoms with Crippen LogP contribution in [0.3, 0.4) is 0 Å². The Hall–Kier alpha value is -1.62. The summed E-state index contributed by atoms with van der Waals surface area (Å²) < 4.78 is 4.78. The van der Waals surface area contributed by atoms with E-state index in [1.54, 1.807) is 0 Å². The van der Waals surface area contributed by atoms with Crippen LogP contribution < -0.4 is 4.74 Å². The number of nitro groups is 1. The van der Waals surface area contributed by atoms with E-state index >= 15 is 0 Å². The van der Waals surface area contributed by atoms with Crippen molar-refractivity contribution in [3.8, 4) is 5.75 Å². The van der Waals surface area contributed by atoms with Crippen LogP contribution in [0.2, 0.25) is 5.02 Å². The van der Waals surface area contributed by atoms with Gasteiger partial charge in [-0.15, -0.1) is 0 Å². The van der Waals surface area contributed by atoms with E-state index in [0.717, 1.165) is 0 Å². The van der Waals surface area contributed by atoms with Crippen molar-refractivity contribution in [1.82, 2.24) is 0 Å². The van der Waals surface area contributed by atoms with E-state index in [1.807, 2.05) is 0 Å². The van der Waals surface area contributed by atoms with Gasteiger partial charge in [0, 0.05) is 5.56 Å². The first-order chi connectivity index (χ1) is 6.99. The van der Waals surface area contributed by atoms with Gasteiger partial charge in [0.1, 0.15) is 5.02 Å². The van der Waals surface area contributed by atoms with Crippen LogP contribution in [-0.2, 0) is 0 Å². The van der Waals surface area contributed by atoms with E-state index in [4.69, 9.17) is 16.3 Å². The molecule has 0 aliphatic carbocycles. The maximum absolute atomic E-state index is 11.1. The Labute approximate surface area is 90.8 Å². The lowest BCUT2D eigenvalue weighted by molar-refractivity contribution is -0.385. The van der Waals surface area contributed by atoms with Gasteiger partial charge < -0.3 is 4.74 Å². The van der Waals surface area contributed by atoms with E-state index < -0.39 is 4.92 Å². The second kappa shape index (κ2) is 4.27. The third-order valence-electron chi connectivity index (χ3n) is 1.86. The van der Waals surface area contributed by atoms with Gasteiger partial charge in [-0.2, -0.15) is 0 Å². The van der Waals surface area contributed by atoms with Gasteiger partial charge in [-0.25, -0.2) is 0 Å². The third kappa shape index (κ3) is 2.07. The molecule has 6 heteroatoms. The smallest absolute Gasteiger partial charge is 0.330 e. The molecule has 15 heavy (non-hydrogen) atoms. The van der Waals surface area contributed by atoms with Crippen LogP contribution in [0.1, 0.15) is 17.3 Å². The molecule has 0 N–H and O–H groups in total. The molecule has 5 nitrogen and oxygen atoms in total. The van der Waals surface area contributed by atoms with Gasteiger partial charge in [-0.1, -0.05) is 11.6 Å². The van der Waals surface area contributed by atoms with Crippen molar-refractivity contribution < 1.29 is 14.5 Å². The first kappa shape index (κ1) is 11.5. The van der Waals surface area contributed by atoms with Crippen molar-refractivity contribution in [3.05, 3.63) is 32.8 Å². The van der Waals surface area contributed by atoms with Crippen LogP contribution in [0.25, 0.3) is 0 Å². The molecule has 0 aliphatic heterocycles. The fourth-order valence-electron chi connectivity index (χ4n) is 1.15. The van der Waals surface area contributed by atoms with Gasteiger partial charge in [-0.3, -0.25) is 14.9 Å². The zero-order valence-corrected chi connectivity index (χ0v) is 8.87. The summed E-state index contributed by atoms with van der Waals surface area (Å²) in [7, 11) is 1.30. The van der Waals surface area contributed by atoms with Crippen molar-refractivity contribution in [2.24, 2.45) is 0 Å². The van der Waals surface area contributed by atoms with Crippen molar-refractivity contribution >= 4 is 23.1 Å². The van der Waals surface area contributed by atoms with Crippen molar-refractivity contribution in [1.29, 1.82) is 0 Å². The highest BCUT2D eigenvalue weighted by molar-refractivity contribution is 6.36. The van der Waals surface area contributed by atoms with E-state index in [-0.39, 0.29) is 27.8 Å². The lowest BCUT2D eigenvalue weighted by Crippen LogP contribution is -2.00. The molecule has 0 saturated carbocycles. The topological polar surface area (TPSA) is 69.4 Å². The Kier molecular flexibility index (Phi) is 3.26. The van der Waals surface area contributed by atoms with Crippen LogP contribution in [0.15, 0.2) is 12.1 Å². The van der Waals surface area contributed by atoms with Crippen LogP contribution in [0, 0.1) is 10.1 Å². The monoisotopic (exact) mass is 229 g/mol. The lowest BCUT2D eigenvalue weighted by atomic mass is 10.1. The van der Waals surface area contributed by atoms with Gasteiger partial charge in [-0.05, 0) is 19.1 Å². The predicted molar refractivity (Wildman–Crippen MR) is 54.7 cm³/mol. The number of hydrogen-bond donors (Lipinski definition) is 0. The summed E-state index contributed by atoms with van der Waals surface area (Å²) in [6, 6.07) is 2.75. The van der Waals surface area contributed by atoms with Crippen LogP contribution in [0.4, 0.5) is 5.69 Å². The number of nitrogens with zero attached hydrogens (tertiary/aromatic N) is 1. The number of rotatable bonds is 3. The fourth-order valence-corrected chi connectivity index (χ4v) is 1.51. The molecule has 1 aromatic carbocycles. The Morgan fingerprint density at radius 3 is 2.53 bits per heavy atom. The minimum absolute atomic E-state index is 0.0370. The van der Waals surface area contributed by atoms with Gasteiger partial charge in [0.2, 0.25) is 0 Å². The van der Waals surface area contributed by atoms with Crippen molar-refractivity contribution in [3.63, 3.8) is 0 Å². The molecule has 0 amide bonds. The second-order valence-electron chi connectivity index (χ2n) is 2.79. The number of ether oxygens (including phenoxy) is 1. The number of nitro benzene ring substituents is 1. The SMILES string of the molecule is COc1ccc(C(C)=O)c(Cl)c1[N+](=O)[O-]. The first-order valence-electron chi connectivity index (χ1n) is 4.00. The molecule has 0 fully saturated rings. The zero-order valence-electron chi connectivity index (χ0n) is 8.11. The number of ketones is 1. The molecule has 0 unspecified atom stereocenters. The van der Waals surface area contributed by atoms with Gasteiger partial charge in [0.25, 0.3) is 0 Å². The molecule has 80 valence electrons. The van der Waals surface area contributed by atoms with E-state index in [1.165, 1.54) is 26.2 Å². The molecule has 0 atom stereocenters. The largest absolute Gasteiger partial charge is 0.490 e. The number of Topliss-reactive ketones (excluding diaryl/α,β-unsaturated/α-hetero) is 1. The predicted octanol–water partition coefficient (Wildman–Crippen LogP) is 2.46. The highest BCUT2D eigenvalue weighted by Crippen LogP contribution is 2.36. The number of carbonyl (C=O) groups is 1. The van der Waals surface area contributed by atoms with Gasteiger partial charge in [0.15, 0.2) is 11.5 Å². The first-order valence-corrected chi connectivity index (χ1v) is 4.38. The molecular formula is C9H8ClNO4. The van der Waals surface area contributed by atoms with Crippen molar-refractivity contribution in [2.75, 3.05) is 7.11 Å². The van der Waals surface area contributed by atoms with Crippen LogP contribution >= 0.6 is 11.6 Å². The summed E-state index contributed by atoms with van der Waals surface area (Å²) in [6.07, 6.45) is 0. The normalized spacial score (nSPS) is 9.80. The molecule has 0 heterocycles.